The molecule has 2 aromatic heterocycles. The fourth-order valence-electron chi connectivity index (χ4n) is 3.10. The lowest BCUT2D eigenvalue weighted by Gasteiger charge is -2.10. The van der Waals surface area contributed by atoms with E-state index in [4.69, 9.17) is 0 Å². The van der Waals surface area contributed by atoms with Crippen LogP contribution >= 0.6 is 0 Å². The lowest BCUT2D eigenvalue weighted by atomic mass is 10.1. The number of aromatic nitrogens is 4. The van der Waals surface area contributed by atoms with Crippen LogP contribution in [-0.2, 0) is 16.4 Å². The van der Waals surface area contributed by atoms with Crippen LogP contribution in [0.2, 0.25) is 0 Å². The van der Waals surface area contributed by atoms with Crippen molar-refractivity contribution in [2.75, 3.05) is 4.72 Å². The maximum Gasteiger partial charge on any atom is 0.261 e. The largest absolute Gasteiger partial charge is 0.280 e. The molecule has 2 heterocycles. The molecule has 0 aliphatic carbocycles. The number of nitrogens with zero attached hydrogens (tertiary/aromatic N) is 4. The first-order chi connectivity index (χ1) is 14.0. The van der Waals surface area contributed by atoms with Gasteiger partial charge in [0.2, 0.25) is 0 Å². The van der Waals surface area contributed by atoms with Gasteiger partial charge in [0.25, 0.3) is 10.0 Å². The highest BCUT2D eigenvalue weighted by Crippen LogP contribution is 2.22. The van der Waals surface area contributed by atoms with Crippen LogP contribution in [0.3, 0.4) is 0 Å². The molecule has 29 heavy (non-hydrogen) atoms. The summed E-state index contributed by atoms with van der Waals surface area (Å²) in [5.41, 5.74) is 3.92. The smallest absolute Gasteiger partial charge is 0.261 e. The highest BCUT2D eigenvalue weighted by atomic mass is 32.2. The molecule has 0 amide bonds. The van der Waals surface area contributed by atoms with E-state index in [0.29, 0.717) is 17.2 Å². The maximum absolute atomic E-state index is 12.6. The van der Waals surface area contributed by atoms with E-state index >= 15 is 0 Å². The van der Waals surface area contributed by atoms with Gasteiger partial charge in [-0.1, -0.05) is 37.6 Å². The molecule has 0 aliphatic heterocycles. The summed E-state index contributed by atoms with van der Waals surface area (Å²) in [5.74, 6) is 0.705. The third kappa shape index (κ3) is 3.97. The van der Waals surface area contributed by atoms with E-state index in [2.05, 4.69) is 26.9 Å². The summed E-state index contributed by atoms with van der Waals surface area (Å²) in [6, 6.07) is 17.8. The van der Waals surface area contributed by atoms with E-state index in [1.165, 1.54) is 0 Å². The first kappa shape index (κ1) is 19.1. The minimum Gasteiger partial charge on any atom is -0.280 e. The van der Waals surface area contributed by atoms with Crippen LogP contribution in [0, 0.1) is 6.92 Å². The Morgan fingerprint density at radius 1 is 0.931 bits per heavy atom. The summed E-state index contributed by atoms with van der Waals surface area (Å²) in [6.07, 6.45) is 1.96. The van der Waals surface area contributed by atoms with E-state index in [1.807, 2.05) is 43.3 Å². The number of benzene rings is 2. The molecule has 0 unspecified atom stereocenters. The average Bonchev–Trinajstić information content (AvgIpc) is 3.09. The molecule has 0 saturated carbocycles. The van der Waals surface area contributed by atoms with Gasteiger partial charge < -0.3 is 0 Å². The van der Waals surface area contributed by atoms with Crippen molar-refractivity contribution in [1.82, 2.24) is 19.8 Å². The van der Waals surface area contributed by atoms with Crippen molar-refractivity contribution in [1.29, 1.82) is 0 Å². The molecular weight excluding hydrogens is 386 g/mol. The molecule has 0 bridgehead atoms. The van der Waals surface area contributed by atoms with Gasteiger partial charge >= 0.3 is 0 Å². The van der Waals surface area contributed by atoms with Crippen molar-refractivity contribution in [2.45, 2.75) is 31.6 Å². The molecule has 0 aliphatic rings. The zero-order valence-corrected chi connectivity index (χ0v) is 17.0. The summed E-state index contributed by atoms with van der Waals surface area (Å²) in [5, 5.41) is 12.6. The fraction of sp³-hybridized carbons (Fsp3) is 0.190. The second kappa shape index (κ2) is 7.63. The molecule has 148 valence electrons. The molecule has 0 saturated heterocycles. The first-order valence-electron chi connectivity index (χ1n) is 9.37. The average molecular weight is 407 g/mol. The summed E-state index contributed by atoms with van der Waals surface area (Å²) in [6.45, 7) is 3.93. The van der Waals surface area contributed by atoms with Crippen LogP contribution in [0.4, 0.5) is 5.69 Å². The second-order valence-corrected chi connectivity index (χ2v) is 8.49. The summed E-state index contributed by atoms with van der Waals surface area (Å²) < 4.78 is 29.6. The van der Waals surface area contributed by atoms with Crippen molar-refractivity contribution in [3.05, 3.63) is 72.1 Å². The van der Waals surface area contributed by atoms with Crippen molar-refractivity contribution in [3.8, 4) is 11.3 Å². The topological polar surface area (TPSA) is 89.2 Å². The molecule has 0 radical (unpaired) electrons. The number of sulfonamides is 1. The van der Waals surface area contributed by atoms with Gasteiger partial charge in [0, 0.05) is 11.3 Å². The van der Waals surface area contributed by atoms with Gasteiger partial charge in [0.05, 0.1) is 10.6 Å². The predicted molar refractivity (Wildman–Crippen MR) is 112 cm³/mol. The van der Waals surface area contributed by atoms with Crippen LogP contribution in [0.25, 0.3) is 16.9 Å². The Labute approximate surface area is 169 Å². The SMILES string of the molecule is CCCc1ccc(S(=O)(=O)Nc2ccc(-c3ccc4nnc(C)n4n3)cc2)cc1. The number of hydrogen-bond donors (Lipinski definition) is 1. The van der Waals surface area contributed by atoms with Crippen LogP contribution in [0.1, 0.15) is 24.7 Å². The lowest BCUT2D eigenvalue weighted by Crippen LogP contribution is -2.12. The highest BCUT2D eigenvalue weighted by molar-refractivity contribution is 7.92. The van der Waals surface area contributed by atoms with E-state index in [9.17, 15) is 8.42 Å². The van der Waals surface area contributed by atoms with E-state index in [1.54, 1.807) is 28.8 Å². The Hall–Kier alpha value is -3.26. The van der Waals surface area contributed by atoms with E-state index in [0.717, 1.165) is 29.7 Å². The van der Waals surface area contributed by atoms with Crippen LogP contribution in [0.5, 0.6) is 0 Å². The van der Waals surface area contributed by atoms with E-state index < -0.39 is 10.0 Å². The molecule has 7 nitrogen and oxygen atoms in total. The van der Waals surface area contributed by atoms with Gasteiger partial charge in [-0.3, -0.25) is 4.72 Å². The fourth-order valence-corrected chi connectivity index (χ4v) is 4.16. The van der Waals surface area contributed by atoms with Crippen LogP contribution in [-0.4, -0.2) is 28.2 Å². The minimum absolute atomic E-state index is 0.247. The monoisotopic (exact) mass is 407 g/mol. The zero-order chi connectivity index (χ0) is 20.4. The van der Waals surface area contributed by atoms with Gasteiger partial charge in [-0.15, -0.1) is 10.2 Å². The molecule has 0 atom stereocenters. The van der Waals surface area contributed by atoms with Crippen molar-refractivity contribution in [2.24, 2.45) is 0 Å². The first-order valence-corrected chi connectivity index (χ1v) is 10.9. The minimum atomic E-state index is -3.64. The highest BCUT2D eigenvalue weighted by Gasteiger charge is 2.14. The second-order valence-electron chi connectivity index (χ2n) is 6.81. The Bertz CT molecular complexity index is 1250. The summed E-state index contributed by atoms with van der Waals surface area (Å²) in [7, 11) is -3.64. The number of fused-ring (bicyclic) bond motifs is 1. The van der Waals surface area contributed by atoms with E-state index in [-0.39, 0.29) is 4.90 Å². The normalized spacial score (nSPS) is 11.7. The zero-order valence-electron chi connectivity index (χ0n) is 16.2. The Morgan fingerprint density at radius 2 is 1.66 bits per heavy atom. The molecule has 0 fully saturated rings. The molecular formula is C21H21N5O2S. The Balaban J connectivity index is 1.54. The Morgan fingerprint density at radius 3 is 2.34 bits per heavy atom. The number of anilines is 1. The third-order valence-electron chi connectivity index (χ3n) is 4.62. The molecule has 1 N–H and O–H groups in total. The van der Waals surface area contributed by atoms with Crippen LogP contribution in [0.15, 0.2) is 65.6 Å². The van der Waals surface area contributed by atoms with Crippen molar-refractivity contribution < 1.29 is 8.42 Å². The van der Waals surface area contributed by atoms with Gasteiger partial charge in [-0.2, -0.15) is 9.61 Å². The quantitative estimate of drug-likeness (QED) is 0.524. The Kier molecular flexibility index (Phi) is 5.02. The van der Waals surface area contributed by atoms with Crippen LogP contribution < -0.4 is 4.72 Å². The molecule has 4 rings (SSSR count). The van der Waals surface area contributed by atoms with Crippen molar-refractivity contribution >= 4 is 21.4 Å². The molecule has 4 aromatic rings. The van der Waals surface area contributed by atoms with Gasteiger partial charge in [-0.05, 0) is 55.3 Å². The summed E-state index contributed by atoms with van der Waals surface area (Å²) >= 11 is 0. The predicted octanol–water partition coefficient (Wildman–Crippen LogP) is 3.85. The van der Waals surface area contributed by atoms with Gasteiger partial charge in [0.1, 0.15) is 0 Å². The molecule has 0 spiro atoms. The molecule has 8 heteroatoms. The number of nitrogens with one attached hydrogen (secondary N) is 1. The van der Waals surface area contributed by atoms with Gasteiger partial charge in [0.15, 0.2) is 11.5 Å². The summed E-state index contributed by atoms with van der Waals surface area (Å²) in [4.78, 5) is 0.247. The third-order valence-corrected chi connectivity index (χ3v) is 6.02. The standard InChI is InChI=1S/C21H21N5O2S/c1-3-4-16-5-11-19(12-6-16)29(27,28)25-18-9-7-17(8-10-18)20-13-14-21-23-22-15(2)26(21)24-20/h5-14,25H,3-4H2,1-2H3. The lowest BCUT2D eigenvalue weighted by molar-refractivity contribution is 0.601. The van der Waals surface area contributed by atoms with Gasteiger partial charge in [-0.25, -0.2) is 8.42 Å². The number of aryl methyl sites for hydroxylation is 2. The number of hydrogen-bond acceptors (Lipinski definition) is 5. The molecule has 2 aromatic carbocycles. The maximum atomic E-state index is 12.6. The number of rotatable bonds is 6. The van der Waals surface area contributed by atoms with Crippen molar-refractivity contribution in [3.63, 3.8) is 0 Å².